The standard InChI is InChI=1S/C24H29N5O3/c1-32-22-9-7-20(8-10-22)13-23(30)28-12-11-27(14-21-5-3-2-4-6-21)15-24(31,16-28)17-29-19-25-18-26-29/h2-10,18-19,31H,11-17H2,1H3. The minimum Gasteiger partial charge on any atom is -0.497 e. The monoisotopic (exact) mass is 435 g/mol. The number of aliphatic hydroxyl groups is 1. The zero-order chi connectivity index (χ0) is 22.4. The van der Waals surface area contributed by atoms with Crippen molar-refractivity contribution in [3.8, 4) is 5.75 Å². The number of carbonyl (C=O) groups is 1. The van der Waals surface area contributed by atoms with E-state index in [4.69, 9.17) is 4.74 Å². The van der Waals surface area contributed by atoms with E-state index in [1.807, 2.05) is 42.5 Å². The lowest BCUT2D eigenvalue weighted by Crippen LogP contribution is -2.51. The number of ether oxygens (including phenoxy) is 1. The Kier molecular flexibility index (Phi) is 6.82. The van der Waals surface area contributed by atoms with Gasteiger partial charge in [-0.3, -0.25) is 9.69 Å². The molecule has 168 valence electrons. The van der Waals surface area contributed by atoms with E-state index in [1.165, 1.54) is 11.9 Å². The molecule has 1 aliphatic rings. The van der Waals surface area contributed by atoms with E-state index in [0.717, 1.165) is 11.3 Å². The Balaban J connectivity index is 1.50. The molecule has 0 spiro atoms. The molecule has 1 atom stereocenters. The third-order valence-electron chi connectivity index (χ3n) is 5.73. The fourth-order valence-electron chi connectivity index (χ4n) is 4.18. The number of hydrogen-bond donors (Lipinski definition) is 1. The molecule has 0 bridgehead atoms. The van der Waals surface area contributed by atoms with Crippen molar-refractivity contribution in [1.82, 2.24) is 24.6 Å². The summed E-state index contributed by atoms with van der Waals surface area (Å²) in [5, 5.41) is 15.7. The minimum atomic E-state index is -1.14. The average molecular weight is 436 g/mol. The number of rotatable bonds is 7. The summed E-state index contributed by atoms with van der Waals surface area (Å²) in [6.07, 6.45) is 3.32. The molecule has 1 unspecified atom stereocenters. The molecule has 0 radical (unpaired) electrons. The summed E-state index contributed by atoms with van der Waals surface area (Å²) in [7, 11) is 1.62. The van der Waals surface area contributed by atoms with E-state index in [2.05, 4.69) is 27.1 Å². The van der Waals surface area contributed by atoms with Crippen molar-refractivity contribution >= 4 is 5.91 Å². The first kappa shape index (κ1) is 22.0. The van der Waals surface area contributed by atoms with Crippen LogP contribution in [-0.2, 0) is 24.3 Å². The molecule has 0 aliphatic carbocycles. The van der Waals surface area contributed by atoms with Gasteiger partial charge in [-0.05, 0) is 23.3 Å². The van der Waals surface area contributed by atoms with Crippen LogP contribution in [0.4, 0.5) is 0 Å². The first-order valence-corrected chi connectivity index (χ1v) is 10.7. The lowest BCUT2D eigenvalue weighted by molar-refractivity contribution is -0.133. The van der Waals surface area contributed by atoms with Crippen molar-refractivity contribution < 1.29 is 14.6 Å². The quantitative estimate of drug-likeness (QED) is 0.607. The van der Waals surface area contributed by atoms with Crippen molar-refractivity contribution in [2.45, 2.75) is 25.1 Å². The van der Waals surface area contributed by atoms with E-state index >= 15 is 0 Å². The number of aromatic nitrogens is 3. The Morgan fingerprint density at radius 2 is 1.84 bits per heavy atom. The summed E-state index contributed by atoms with van der Waals surface area (Å²) in [5.74, 6) is 0.753. The van der Waals surface area contributed by atoms with Gasteiger partial charge in [0.2, 0.25) is 5.91 Å². The summed E-state index contributed by atoms with van der Waals surface area (Å²) >= 11 is 0. The Morgan fingerprint density at radius 3 is 2.53 bits per heavy atom. The SMILES string of the molecule is COc1ccc(CC(=O)N2CCN(Cc3ccccc3)CC(O)(Cn3cncn3)C2)cc1. The highest BCUT2D eigenvalue weighted by molar-refractivity contribution is 5.79. The Labute approximate surface area is 188 Å². The lowest BCUT2D eigenvalue weighted by atomic mass is 10.0. The normalized spacial score (nSPS) is 19.5. The van der Waals surface area contributed by atoms with Gasteiger partial charge in [0.05, 0.1) is 26.6 Å². The number of nitrogens with zero attached hydrogens (tertiary/aromatic N) is 5. The Morgan fingerprint density at radius 1 is 1.06 bits per heavy atom. The Bertz CT molecular complexity index is 994. The second-order valence-corrected chi connectivity index (χ2v) is 8.35. The molecule has 4 rings (SSSR count). The highest BCUT2D eigenvalue weighted by atomic mass is 16.5. The number of hydrogen-bond acceptors (Lipinski definition) is 6. The maximum Gasteiger partial charge on any atom is 0.227 e. The predicted molar refractivity (Wildman–Crippen MR) is 120 cm³/mol. The number of amides is 1. The molecular weight excluding hydrogens is 406 g/mol. The van der Waals surface area contributed by atoms with Crippen molar-refractivity contribution in [2.75, 3.05) is 33.3 Å². The van der Waals surface area contributed by atoms with Crippen molar-refractivity contribution in [3.05, 3.63) is 78.4 Å². The second-order valence-electron chi connectivity index (χ2n) is 8.35. The van der Waals surface area contributed by atoms with Gasteiger partial charge < -0.3 is 14.7 Å². The molecule has 0 saturated carbocycles. The van der Waals surface area contributed by atoms with Crippen LogP contribution in [0.3, 0.4) is 0 Å². The van der Waals surface area contributed by atoms with E-state index in [9.17, 15) is 9.90 Å². The minimum absolute atomic E-state index is 0.00579. The zero-order valence-corrected chi connectivity index (χ0v) is 18.3. The fourth-order valence-corrected chi connectivity index (χ4v) is 4.18. The van der Waals surface area contributed by atoms with Crippen LogP contribution in [0.25, 0.3) is 0 Å². The van der Waals surface area contributed by atoms with Gasteiger partial charge in [0.1, 0.15) is 24.0 Å². The van der Waals surface area contributed by atoms with Crippen LogP contribution in [-0.4, -0.2) is 74.5 Å². The van der Waals surface area contributed by atoms with E-state index < -0.39 is 5.60 Å². The first-order chi connectivity index (χ1) is 15.5. The number of methoxy groups -OCH3 is 1. The predicted octanol–water partition coefficient (Wildman–Crippen LogP) is 1.60. The molecule has 2 heterocycles. The van der Waals surface area contributed by atoms with Crippen LogP contribution in [0.5, 0.6) is 5.75 Å². The fraction of sp³-hybridized carbons (Fsp3) is 0.375. The number of benzene rings is 2. The molecule has 8 nitrogen and oxygen atoms in total. The molecule has 1 amide bonds. The van der Waals surface area contributed by atoms with E-state index in [-0.39, 0.29) is 25.4 Å². The van der Waals surface area contributed by atoms with E-state index in [0.29, 0.717) is 26.2 Å². The summed E-state index contributed by atoms with van der Waals surface area (Å²) in [4.78, 5) is 21.1. The van der Waals surface area contributed by atoms with Crippen LogP contribution >= 0.6 is 0 Å². The molecule has 1 saturated heterocycles. The molecule has 3 aromatic rings. The van der Waals surface area contributed by atoms with Gasteiger partial charge in [-0.1, -0.05) is 42.5 Å². The maximum absolute atomic E-state index is 13.2. The largest absolute Gasteiger partial charge is 0.497 e. The summed E-state index contributed by atoms with van der Waals surface area (Å²) in [5.41, 5.74) is 0.948. The smallest absolute Gasteiger partial charge is 0.227 e. The zero-order valence-electron chi connectivity index (χ0n) is 18.3. The molecular formula is C24H29N5O3. The van der Waals surface area contributed by atoms with Crippen LogP contribution in [0.1, 0.15) is 11.1 Å². The maximum atomic E-state index is 13.2. The first-order valence-electron chi connectivity index (χ1n) is 10.7. The van der Waals surface area contributed by atoms with Crippen LogP contribution in [0.15, 0.2) is 67.3 Å². The molecule has 1 aliphatic heterocycles. The second kappa shape index (κ2) is 9.93. The van der Waals surface area contributed by atoms with E-state index in [1.54, 1.807) is 23.0 Å². The van der Waals surface area contributed by atoms with Gasteiger partial charge in [-0.25, -0.2) is 9.67 Å². The van der Waals surface area contributed by atoms with Crippen LogP contribution in [0, 0.1) is 0 Å². The van der Waals surface area contributed by atoms with Gasteiger partial charge >= 0.3 is 0 Å². The van der Waals surface area contributed by atoms with Crippen molar-refractivity contribution in [2.24, 2.45) is 0 Å². The van der Waals surface area contributed by atoms with Crippen molar-refractivity contribution in [1.29, 1.82) is 0 Å². The summed E-state index contributed by atoms with van der Waals surface area (Å²) in [6.45, 7) is 2.90. The number of β-amino-alcohol motifs (C(OH)–C–C–N with tert-alkyl or cyclic N) is 1. The van der Waals surface area contributed by atoms with Gasteiger partial charge in [-0.15, -0.1) is 0 Å². The average Bonchev–Trinajstić information content (AvgIpc) is 3.24. The lowest BCUT2D eigenvalue weighted by Gasteiger charge is -2.33. The Hall–Kier alpha value is -3.23. The van der Waals surface area contributed by atoms with Gasteiger partial charge in [0.15, 0.2) is 0 Å². The van der Waals surface area contributed by atoms with Gasteiger partial charge in [0.25, 0.3) is 0 Å². The summed E-state index contributed by atoms with van der Waals surface area (Å²) in [6, 6.07) is 17.7. The molecule has 1 aromatic heterocycles. The molecule has 1 N–H and O–H groups in total. The molecule has 8 heteroatoms. The van der Waals surface area contributed by atoms with Crippen LogP contribution in [0.2, 0.25) is 0 Å². The van der Waals surface area contributed by atoms with Gasteiger partial charge in [-0.2, -0.15) is 5.10 Å². The highest BCUT2D eigenvalue weighted by Gasteiger charge is 2.37. The third-order valence-corrected chi connectivity index (χ3v) is 5.73. The number of carbonyl (C=O) groups excluding carboxylic acids is 1. The van der Waals surface area contributed by atoms with Crippen molar-refractivity contribution in [3.63, 3.8) is 0 Å². The van der Waals surface area contributed by atoms with Gasteiger partial charge in [0, 0.05) is 26.2 Å². The summed E-state index contributed by atoms with van der Waals surface area (Å²) < 4.78 is 6.82. The highest BCUT2D eigenvalue weighted by Crippen LogP contribution is 2.20. The topological polar surface area (TPSA) is 83.7 Å². The molecule has 2 aromatic carbocycles. The molecule has 1 fully saturated rings. The van der Waals surface area contributed by atoms with Crippen LogP contribution < -0.4 is 4.74 Å². The third kappa shape index (κ3) is 5.72. The molecule has 32 heavy (non-hydrogen) atoms.